The van der Waals surface area contributed by atoms with Gasteiger partial charge in [-0.15, -0.1) is 0 Å². The molecular weight excluding hydrogens is 276 g/mol. The summed E-state index contributed by atoms with van der Waals surface area (Å²) in [5.74, 6) is 0.723. The first-order valence-corrected chi connectivity index (χ1v) is 8.69. The fraction of sp³-hybridized carbons (Fsp3) is 0.571. The Balaban J connectivity index is 2.05. The van der Waals surface area contributed by atoms with Gasteiger partial charge in [0.2, 0.25) is 10.0 Å². The van der Waals surface area contributed by atoms with E-state index in [2.05, 4.69) is 23.9 Å². The van der Waals surface area contributed by atoms with Gasteiger partial charge in [-0.25, -0.2) is 13.1 Å². The number of rotatable bonds is 5. The van der Waals surface area contributed by atoms with Crippen molar-refractivity contribution in [3.63, 3.8) is 0 Å². The average Bonchev–Trinajstić information content (AvgIpc) is 2.67. The summed E-state index contributed by atoms with van der Waals surface area (Å²) in [6.45, 7) is 5.10. The SMILES string of the molecule is Cc1ccc(O)c2c1C(C)CC2NCCNS(C)(=O)=O. The number of hydrogen-bond donors (Lipinski definition) is 3. The van der Waals surface area contributed by atoms with Gasteiger partial charge < -0.3 is 10.4 Å². The van der Waals surface area contributed by atoms with Gasteiger partial charge in [-0.2, -0.15) is 0 Å². The van der Waals surface area contributed by atoms with Crippen molar-refractivity contribution in [1.29, 1.82) is 0 Å². The molecule has 2 unspecified atom stereocenters. The Morgan fingerprint density at radius 1 is 1.30 bits per heavy atom. The standard InChI is InChI=1S/C14H22N2O3S/c1-9-4-5-12(17)14-11(8-10(2)13(9)14)15-6-7-16-20(3,18)19/h4-5,10-11,15-17H,6-8H2,1-3H3. The largest absolute Gasteiger partial charge is 0.508 e. The van der Waals surface area contributed by atoms with Crippen molar-refractivity contribution >= 4 is 10.0 Å². The maximum Gasteiger partial charge on any atom is 0.208 e. The second kappa shape index (κ2) is 5.71. The van der Waals surface area contributed by atoms with Gasteiger partial charge in [0, 0.05) is 24.7 Å². The summed E-state index contributed by atoms with van der Waals surface area (Å²) in [4.78, 5) is 0. The van der Waals surface area contributed by atoms with Crippen molar-refractivity contribution in [2.75, 3.05) is 19.3 Å². The lowest BCUT2D eigenvalue weighted by Crippen LogP contribution is -2.32. The number of sulfonamides is 1. The summed E-state index contributed by atoms with van der Waals surface area (Å²) >= 11 is 0. The van der Waals surface area contributed by atoms with Crippen molar-refractivity contribution in [3.05, 3.63) is 28.8 Å². The second-order valence-electron chi connectivity index (χ2n) is 5.54. The molecule has 1 aromatic carbocycles. The third kappa shape index (κ3) is 3.31. The minimum atomic E-state index is -3.15. The van der Waals surface area contributed by atoms with Gasteiger partial charge >= 0.3 is 0 Å². The quantitative estimate of drug-likeness (QED) is 0.718. The Labute approximate surface area is 120 Å². The molecule has 0 heterocycles. The van der Waals surface area contributed by atoms with Crippen molar-refractivity contribution in [3.8, 4) is 5.75 Å². The molecule has 20 heavy (non-hydrogen) atoms. The van der Waals surface area contributed by atoms with Crippen LogP contribution in [0.3, 0.4) is 0 Å². The van der Waals surface area contributed by atoms with Crippen LogP contribution in [-0.2, 0) is 10.0 Å². The molecule has 1 aromatic rings. The Morgan fingerprint density at radius 3 is 2.65 bits per heavy atom. The van der Waals surface area contributed by atoms with Crippen LogP contribution in [0.1, 0.15) is 42.0 Å². The molecule has 0 saturated carbocycles. The Bertz CT molecular complexity index is 599. The minimum Gasteiger partial charge on any atom is -0.508 e. The van der Waals surface area contributed by atoms with Crippen molar-refractivity contribution in [2.45, 2.75) is 32.2 Å². The Kier molecular flexibility index (Phi) is 4.36. The minimum absolute atomic E-state index is 0.0845. The van der Waals surface area contributed by atoms with E-state index >= 15 is 0 Å². The van der Waals surface area contributed by atoms with Crippen LogP contribution in [0.5, 0.6) is 5.75 Å². The van der Waals surface area contributed by atoms with E-state index in [1.807, 2.05) is 6.07 Å². The highest BCUT2D eigenvalue weighted by Crippen LogP contribution is 2.45. The summed E-state index contributed by atoms with van der Waals surface area (Å²) in [6.07, 6.45) is 2.07. The van der Waals surface area contributed by atoms with Crippen LogP contribution in [0.2, 0.25) is 0 Å². The molecule has 6 heteroatoms. The molecule has 0 aromatic heterocycles. The van der Waals surface area contributed by atoms with Crippen molar-refractivity contribution in [1.82, 2.24) is 10.0 Å². The molecule has 2 rings (SSSR count). The zero-order chi connectivity index (χ0) is 14.9. The lowest BCUT2D eigenvalue weighted by molar-refractivity contribution is 0.446. The van der Waals surface area contributed by atoms with E-state index in [4.69, 9.17) is 0 Å². The monoisotopic (exact) mass is 298 g/mol. The molecule has 0 saturated heterocycles. The summed E-state index contributed by atoms with van der Waals surface area (Å²) in [5.41, 5.74) is 3.39. The van der Waals surface area contributed by atoms with E-state index in [9.17, 15) is 13.5 Å². The highest BCUT2D eigenvalue weighted by molar-refractivity contribution is 7.88. The highest BCUT2D eigenvalue weighted by Gasteiger charge is 2.31. The molecule has 112 valence electrons. The normalized spacial score (nSPS) is 21.9. The molecule has 0 spiro atoms. The number of fused-ring (bicyclic) bond motifs is 1. The number of nitrogens with one attached hydrogen (secondary N) is 2. The lowest BCUT2D eigenvalue weighted by atomic mass is 9.97. The smallest absolute Gasteiger partial charge is 0.208 e. The third-order valence-corrected chi connectivity index (χ3v) is 4.52. The molecule has 0 fully saturated rings. The topological polar surface area (TPSA) is 78.4 Å². The average molecular weight is 298 g/mol. The molecule has 1 aliphatic carbocycles. The van der Waals surface area contributed by atoms with E-state index in [1.54, 1.807) is 6.07 Å². The van der Waals surface area contributed by atoms with Crippen molar-refractivity contribution < 1.29 is 13.5 Å². The van der Waals surface area contributed by atoms with Crippen LogP contribution in [0, 0.1) is 6.92 Å². The van der Waals surface area contributed by atoms with Crippen LogP contribution in [0.4, 0.5) is 0 Å². The van der Waals surface area contributed by atoms with Gasteiger partial charge in [-0.3, -0.25) is 0 Å². The first kappa shape index (κ1) is 15.3. The van der Waals surface area contributed by atoms with Gasteiger partial charge in [0.15, 0.2) is 0 Å². The number of benzene rings is 1. The molecule has 0 aliphatic heterocycles. The van der Waals surface area contributed by atoms with Crippen LogP contribution >= 0.6 is 0 Å². The number of aromatic hydroxyl groups is 1. The van der Waals surface area contributed by atoms with Crippen LogP contribution in [0.25, 0.3) is 0 Å². The van der Waals surface area contributed by atoms with E-state index in [0.717, 1.165) is 18.2 Å². The van der Waals surface area contributed by atoms with Crippen LogP contribution in [-0.4, -0.2) is 32.9 Å². The van der Waals surface area contributed by atoms with E-state index < -0.39 is 10.0 Å². The summed E-state index contributed by atoms with van der Waals surface area (Å²) < 4.78 is 24.4. The van der Waals surface area contributed by atoms with Gasteiger partial charge in [-0.1, -0.05) is 13.0 Å². The molecule has 0 amide bonds. The van der Waals surface area contributed by atoms with E-state index in [-0.39, 0.29) is 6.04 Å². The molecule has 2 atom stereocenters. The second-order valence-corrected chi connectivity index (χ2v) is 7.37. The molecule has 1 aliphatic rings. The number of phenols is 1. The van der Waals surface area contributed by atoms with Gasteiger partial charge in [0.05, 0.1) is 6.26 Å². The van der Waals surface area contributed by atoms with Gasteiger partial charge in [0.1, 0.15) is 5.75 Å². The molecule has 5 nitrogen and oxygen atoms in total. The van der Waals surface area contributed by atoms with Crippen LogP contribution < -0.4 is 10.0 Å². The molecule has 0 radical (unpaired) electrons. The van der Waals surface area contributed by atoms with Gasteiger partial charge in [0.25, 0.3) is 0 Å². The van der Waals surface area contributed by atoms with Gasteiger partial charge in [-0.05, 0) is 36.5 Å². The summed E-state index contributed by atoms with van der Waals surface area (Å²) in [6, 6.07) is 3.76. The highest BCUT2D eigenvalue weighted by atomic mass is 32.2. The fourth-order valence-electron chi connectivity index (χ4n) is 3.01. The number of hydrogen-bond acceptors (Lipinski definition) is 4. The Hall–Kier alpha value is -1.11. The van der Waals surface area contributed by atoms with Crippen molar-refractivity contribution in [2.24, 2.45) is 0 Å². The maximum atomic E-state index is 11.0. The first-order chi connectivity index (χ1) is 9.29. The third-order valence-electron chi connectivity index (χ3n) is 3.79. The summed E-state index contributed by atoms with van der Waals surface area (Å²) in [7, 11) is -3.15. The zero-order valence-corrected chi connectivity index (χ0v) is 12.9. The molecular formula is C14H22N2O3S. The number of aryl methyl sites for hydroxylation is 1. The predicted molar refractivity (Wildman–Crippen MR) is 79.5 cm³/mol. The number of phenolic OH excluding ortho intramolecular Hbond substituents is 1. The first-order valence-electron chi connectivity index (χ1n) is 6.80. The maximum absolute atomic E-state index is 11.0. The zero-order valence-electron chi connectivity index (χ0n) is 12.1. The fourth-order valence-corrected chi connectivity index (χ4v) is 3.48. The van der Waals surface area contributed by atoms with E-state index in [1.165, 1.54) is 11.1 Å². The lowest BCUT2D eigenvalue weighted by Gasteiger charge is -2.16. The van der Waals surface area contributed by atoms with Crippen LogP contribution in [0.15, 0.2) is 12.1 Å². The summed E-state index contributed by atoms with van der Waals surface area (Å²) in [5, 5.41) is 13.4. The van der Waals surface area contributed by atoms with E-state index in [0.29, 0.717) is 24.8 Å². The molecule has 0 bridgehead atoms. The Morgan fingerprint density at radius 2 is 2.00 bits per heavy atom. The molecule has 3 N–H and O–H groups in total. The predicted octanol–water partition coefficient (Wildman–Crippen LogP) is 1.39.